The van der Waals surface area contributed by atoms with Crippen LogP contribution in [-0.2, 0) is 14.9 Å². The zero-order valence-corrected chi connectivity index (χ0v) is 27.3. The number of aromatic nitrogens is 2. The highest BCUT2D eigenvalue weighted by Gasteiger charge is 2.24. The summed E-state index contributed by atoms with van der Waals surface area (Å²) in [4.78, 5) is 23.3. The Labute approximate surface area is 274 Å². The zero-order valence-electron chi connectivity index (χ0n) is 24.3. The van der Waals surface area contributed by atoms with Gasteiger partial charge in [-0.25, -0.2) is 9.59 Å². The Kier molecular flexibility index (Phi) is 12.0. The SMILES string of the molecule is C#CCOc1cc(-n2nc(C(C)(C)C)oc2=O)c(Cl)cc1Cl.COC(=O)C(C)Oc1ccc(Oc2ccc(Cl)cc2Cl)cc1. The summed E-state index contributed by atoms with van der Waals surface area (Å²) in [6.07, 6.45) is 4.48. The van der Waals surface area contributed by atoms with Gasteiger partial charge in [-0.1, -0.05) is 73.1 Å². The highest BCUT2D eigenvalue weighted by molar-refractivity contribution is 6.36. The molecular formula is C31H28Cl4N2O7. The molecule has 1 atom stereocenters. The van der Waals surface area contributed by atoms with Crippen molar-refractivity contribution in [1.82, 2.24) is 9.78 Å². The van der Waals surface area contributed by atoms with Crippen LogP contribution in [0.5, 0.6) is 23.0 Å². The molecule has 0 radical (unpaired) electrons. The van der Waals surface area contributed by atoms with Crippen molar-refractivity contribution in [3.63, 3.8) is 0 Å². The van der Waals surface area contributed by atoms with Crippen molar-refractivity contribution in [3.05, 3.63) is 91.1 Å². The van der Waals surface area contributed by atoms with Gasteiger partial charge >= 0.3 is 11.7 Å². The average Bonchev–Trinajstić information content (AvgIpc) is 3.37. The Morgan fingerprint density at radius 1 is 0.977 bits per heavy atom. The van der Waals surface area contributed by atoms with Crippen LogP contribution in [0.1, 0.15) is 33.6 Å². The minimum absolute atomic E-state index is 0.0434. The molecule has 0 saturated heterocycles. The second kappa shape index (κ2) is 15.3. The summed E-state index contributed by atoms with van der Waals surface area (Å²) < 4.78 is 27.2. The maximum atomic E-state index is 12.0. The molecule has 0 N–H and O–H groups in total. The lowest BCUT2D eigenvalue weighted by Gasteiger charge is -2.13. The Morgan fingerprint density at radius 3 is 2.18 bits per heavy atom. The summed E-state index contributed by atoms with van der Waals surface area (Å²) in [5, 5.41) is 5.67. The third kappa shape index (κ3) is 9.34. The second-order valence-corrected chi connectivity index (χ2v) is 11.7. The number of methoxy groups -OCH3 is 1. The van der Waals surface area contributed by atoms with E-state index in [0.717, 1.165) is 4.68 Å². The molecule has 9 nitrogen and oxygen atoms in total. The van der Waals surface area contributed by atoms with E-state index in [4.69, 9.17) is 71.5 Å². The predicted octanol–water partition coefficient (Wildman–Crippen LogP) is 8.17. The summed E-state index contributed by atoms with van der Waals surface area (Å²) in [7, 11) is 1.31. The first-order valence-electron chi connectivity index (χ1n) is 12.9. The number of esters is 1. The van der Waals surface area contributed by atoms with E-state index in [1.54, 1.807) is 49.4 Å². The maximum Gasteiger partial charge on any atom is 0.442 e. The minimum atomic E-state index is -0.678. The first-order chi connectivity index (χ1) is 20.7. The van der Waals surface area contributed by atoms with E-state index in [0.29, 0.717) is 44.6 Å². The number of rotatable bonds is 8. The third-order valence-corrected chi connectivity index (χ3v) is 6.65. The van der Waals surface area contributed by atoms with Crippen molar-refractivity contribution in [1.29, 1.82) is 0 Å². The largest absolute Gasteiger partial charge is 0.479 e. The van der Waals surface area contributed by atoms with Gasteiger partial charge < -0.3 is 23.4 Å². The first kappa shape index (κ1) is 34.7. The number of nitrogens with zero attached hydrogens (tertiary/aromatic N) is 2. The maximum absolute atomic E-state index is 12.0. The molecule has 0 amide bonds. The molecule has 0 spiro atoms. The summed E-state index contributed by atoms with van der Waals surface area (Å²) in [6, 6.07) is 14.8. The van der Waals surface area contributed by atoms with Gasteiger partial charge in [-0.2, -0.15) is 4.68 Å². The Bertz CT molecular complexity index is 1700. The van der Waals surface area contributed by atoms with Crippen molar-refractivity contribution >= 4 is 52.4 Å². The highest BCUT2D eigenvalue weighted by atomic mass is 35.5. The van der Waals surface area contributed by atoms with Crippen LogP contribution in [0.4, 0.5) is 0 Å². The third-order valence-electron chi connectivity index (χ3n) is 5.52. The van der Waals surface area contributed by atoms with Gasteiger partial charge in [0.15, 0.2) is 6.10 Å². The van der Waals surface area contributed by atoms with Crippen LogP contribution in [0, 0.1) is 12.3 Å². The average molecular weight is 682 g/mol. The molecule has 0 aliphatic heterocycles. The van der Waals surface area contributed by atoms with E-state index in [9.17, 15) is 9.59 Å². The first-order valence-corrected chi connectivity index (χ1v) is 14.4. The minimum Gasteiger partial charge on any atom is -0.479 e. The molecule has 1 aromatic heterocycles. The van der Waals surface area contributed by atoms with Crippen LogP contribution < -0.4 is 20.0 Å². The van der Waals surface area contributed by atoms with E-state index in [2.05, 4.69) is 15.8 Å². The number of benzene rings is 3. The summed E-state index contributed by atoms with van der Waals surface area (Å²) in [6.45, 7) is 7.31. The van der Waals surface area contributed by atoms with Crippen molar-refractivity contribution in [3.8, 4) is 41.0 Å². The van der Waals surface area contributed by atoms with Crippen LogP contribution in [-0.4, -0.2) is 35.6 Å². The number of halogens is 4. The molecule has 232 valence electrons. The molecule has 44 heavy (non-hydrogen) atoms. The highest BCUT2D eigenvalue weighted by Crippen LogP contribution is 2.34. The molecule has 0 aliphatic carbocycles. The van der Waals surface area contributed by atoms with Crippen molar-refractivity contribution in [2.45, 2.75) is 39.2 Å². The lowest BCUT2D eigenvalue weighted by atomic mass is 9.97. The quantitative estimate of drug-likeness (QED) is 0.136. The van der Waals surface area contributed by atoms with Crippen LogP contribution in [0.3, 0.4) is 0 Å². The smallest absolute Gasteiger partial charge is 0.442 e. The number of carbonyl (C=O) groups excluding carboxylic acids is 1. The van der Waals surface area contributed by atoms with E-state index < -0.39 is 23.2 Å². The standard InChI is InChI=1S/C16H14Cl2O4.C15H14Cl2N2O3/c1-10(16(19)20-2)21-12-4-6-13(7-5-12)22-15-8-3-11(17)9-14(15)18;1-5-6-21-12-8-11(9(16)7-10(12)17)19-14(20)22-13(18-19)15(2,3)4/h3-10H,1-2H3;1,7-8H,6H2,2-4H3. The molecule has 0 fully saturated rings. The molecular weight excluding hydrogens is 654 g/mol. The summed E-state index contributed by atoms with van der Waals surface area (Å²) in [5.41, 5.74) is -0.103. The molecule has 3 aromatic carbocycles. The van der Waals surface area contributed by atoms with Crippen LogP contribution in [0.25, 0.3) is 5.69 Å². The number of hydrogen-bond acceptors (Lipinski definition) is 8. The van der Waals surface area contributed by atoms with Gasteiger partial charge in [0.2, 0.25) is 5.89 Å². The number of hydrogen-bond donors (Lipinski definition) is 0. The van der Waals surface area contributed by atoms with Gasteiger partial charge in [-0.3, -0.25) is 0 Å². The van der Waals surface area contributed by atoms with E-state index in [1.165, 1.54) is 19.2 Å². The van der Waals surface area contributed by atoms with Crippen molar-refractivity contribution in [2.75, 3.05) is 13.7 Å². The second-order valence-electron chi connectivity index (χ2n) is 9.99. The molecule has 4 aromatic rings. The van der Waals surface area contributed by atoms with Crippen molar-refractivity contribution in [2.24, 2.45) is 0 Å². The normalized spacial score (nSPS) is 11.5. The zero-order chi connectivity index (χ0) is 32.6. The fraction of sp³-hybridized carbons (Fsp3) is 0.258. The molecule has 13 heteroatoms. The molecule has 0 saturated carbocycles. The van der Waals surface area contributed by atoms with Crippen LogP contribution >= 0.6 is 46.4 Å². The van der Waals surface area contributed by atoms with Gasteiger partial charge in [-0.05, 0) is 55.5 Å². The monoisotopic (exact) mass is 680 g/mol. The fourth-order valence-electron chi connectivity index (χ4n) is 3.33. The molecule has 1 heterocycles. The van der Waals surface area contributed by atoms with Crippen LogP contribution in [0.2, 0.25) is 20.1 Å². The molecule has 4 rings (SSSR count). The van der Waals surface area contributed by atoms with Crippen molar-refractivity contribution < 1.29 is 28.2 Å². The van der Waals surface area contributed by atoms with Crippen LogP contribution in [0.15, 0.2) is 63.8 Å². The topological polar surface area (TPSA) is 102 Å². The van der Waals surface area contributed by atoms with E-state index in [1.807, 2.05) is 20.8 Å². The van der Waals surface area contributed by atoms with E-state index in [-0.39, 0.29) is 16.7 Å². The number of ether oxygens (including phenoxy) is 4. The van der Waals surface area contributed by atoms with Gasteiger partial charge in [0.1, 0.15) is 29.6 Å². The van der Waals surface area contributed by atoms with Gasteiger partial charge in [0, 0.05) is 16.5 Å². The number of terminal acetylenes is 1. The molecule has 1 unspecified atom stereocenters. The molecule has 0 bridgehead atoms. The Balaban J connectivity index is 0.000000240. The van der Waals surface area contributed by atoms with Gasteiger partial charge in [0.05, 0.1) is 27.9 Å². The summed E-state index contributed by atoms with van der Waals surface area (Å²) in [5.74, 6) is 3.49. The van der Waals surface area contributed by atoms with Gasteiger partial charge in [-0.15, -0.1) is 11.5 Å². The molecule has 0 aliphatic rings. The predicted molar refractivity (Wildman–Crippen MR) is 170 cm³/mol. The summed E-state index contributed by atoms with van der Waals surface area (Å²) >= 11 is 24.1. The lowest BCUT2D eigenvalue weighted by molar-refractivity contribution is -0.147. The van der Waals surface area contributed by atoms with Gasteiger partial charge in [0.25, 0.3) is 0 Å². The van der Waals surface area contributed by atoms with E-state index >= 15 is 0 Å². The Hall–Kier alpha value is -3.81. The fourth-order valence-corrected chi connectivity index (χ4v) is 4.30. The Morgan fingerprint density at radius 2 is 1.61 bits per heavy atom. The number of carbonyl (C=O) groups is 1. The lowest BCUT2D eigenvalue weighted by Crippen LogP contribution is -2.24.